The first kappa shape index (κ1) is 96.7. The molecule has 0 spiro atoms. The number of hydrogen-bond acceptors (Lipinski definition) is 33. The number of aromatic nitrogens is 11. The zero-order valence-electron chi connectivity index (χ0n) is 78.6. The van der Waals surface area contributed by atoms with E-state index in [1.807, 2.05) is 76.9 Å². The van der Waals surface area contributed by atoms with Crippen LogP contribution in [0.2, 0.25) is 0 Å². The molecule has 2 bridgehead atoms. The van der Waals surface area contributed by atoms with Gasteiger partial charge in [-0.2, -0.15) is 10.1 Å². The number of methoxy groups -OCH3 is 3. The molecule has 8 N–H and O–H groups in total. The van der Waals surface area contributed by atoms with E-state index >= 15 is 0 Å². The summed E-state index contributed by atoms with van der Waals surface area (Å²) < 4.78 is 43.7. The number of fused-ring (bicyclic) bond motifs is 7. The van der Waals surface area contributed by atoms with Crippen LogP contribution >= 0.6 is 0 Å². The lowest BCUT2D eigenvalue weighted by molar-refractivity contribution is -0.265. The van der Waals surface area contributed by atoms with Gasteiger partial charge in [0.1, 0.15) is 59.6 Å². The molecule has 1 saturated carbocycles. The first-order chi connectivity index (χ1) is 65.5. The average molecular weight is 1870 g/mol. The number of rotatable bonds is 15. The normalized spacial score (nSPS) is 27.2. The minimum absolute atomic E-state index is 0.00179. The molecule has 2 aromatic carbocycles. The van der Waals surface area contributed by atoms with Gasteiger partial charge in [0.2, 0.25) is 23.6 Å². The summed E-state index contributed by atoms with van der Waals surface area (Å²) in [5.74, 6) is -7.28. The monoisotopic (exact) mass is 1870 g/mol. The van der Waals surface area contributed by atoms with Gasteiger partial charge >= 0.3 is 12.1 Å². The molecule has 4 saturated heterocycles. The number of carbonyl (C=O) groups is 8. The molecular formula is C98H123N21O17. The van der Waals surface area contributed by atoms with E-state index in [9.17, 15) is 48.6 Å². The number of Topliss-reactive ketones (excluding diaryl/α,β-unsaturated/α-hetero) is 3. The van der Waals surface area contributed by atoms with Crippen LogP contribution in [0.15, 0.2) is 126 Å². The molecule has 6 aromatic heterocycles. The summed E-state index contributed by atoms with van der Waals surface area (Å²) in [6.45, 7) is 16.6. The number of aliphatic hydroxyl groups is 2. The molecular weight excluding hydrogens is 1740 g/mol. The van der Waals surface area contributed by atoms with Crippen molar-refractivity contribution in [3.8, 4) is 11.3 Å². The number of esters is 1. The first-order valence-corrected chi connectivity index (χ1v) is 47.3. The number of amides is 4. The van der Waals surface area contributed by atoms with Gasteiger partial charge in [-0.3, -0.25) is 28.8 Å². The molecule has 8 aromatic rings. The van der Waals surface area contributed by atoms with Gasteiger partial charge in [-0.15, -0.1) is 0 Å². The highest BCUT2D eigenvalue weighted by atomic mass is 16.6. The number of nitrogen functional groups attached to an aromatic ring is 2. The third-order valence-corrected chi connectivity index (χ3v) is 28.2. The highest BCUT2D eigenvalue weighted by Crippen LogP contribution is 2.40. The fraction of sp³-hybridized carbons (Fsp3) is 0.531. The zero-order valence-corrected chi connectivity index (χ0v) is 78.6. The Labute approximate surface area is 788 Å². The molecule has 1 aliphatic carbocycles. The molecule has 5 fully saturated rings. The van der Waals surface area contributed by atoms with Crippen LogP contribution in [0.1, 0.15) is 167 Å². The number of benzene rings is 2. The maximum Gasteiger partial charge on any atom is 0.410 e. The minimum atomic E-state index is -2.51. The number of carbonyl (C=O) groups excluding carboxylic acids is 8. The van der Waals surface area contributed by atoms with Gasteiger partial charge in [0.05, 0.1) is 53.6 Å². The number of hydrogen-bond donors (Lipinski definition) is 5. The third-order valence-electron chi connectivity index (χ3n) is 28.2. The Morgan fingerprint density at radius 3 is 2.06 bits per heavy atom. The highest BCUT2D eigenvalue weighted by molar-refractivity contribution is 6.39. The van der Waals surface area contributed by atoms with Crippen molar-refractivity contribution in [3.63, 3.8) is 0 Å². The quantitative estimate of drug-likeness (QED) is 0.0367. The largest absolute Gasteiger partial charge is 0.459 e. The molecule has 38 heteroatoms. The number of cyclic esters (lactones) is 1. The number of nitrogens with two attached hydrogens (primary N) is 3. The summed E-state index contributed by atoms with van der Waals surface area (Å²) in [5.41, 5.74) is 29.2. The average Bonchev–Trinajstić information content (AvgIpc) is 1.40. The molecule has 136 heavy (non-hydrogen) atoms. The summed E-state index contributed by atoms with van der Waals surface area (Å²) in [7, 11) is 4.47. The van der Waals surface area contributed by atoms with Crippen molar-refractivity contribution in [2.75, 3.05) is 119 Å². The van der Waals surface area contributed by atoms with Crippen molar-refractivity contribution in [2.45, 2.75) is 212 Å². The summed E-state index contributed by atoms with van der Waals surface area (Å²) in [4.78, 5) is 169. The van der Waals surface area contributed by atoms with Crippen molar-refractivity contribution in [2.24, 2.45) is 35.3 Å². The van der Waals surface area contributed by atoms with E-state index in [1.165, 1.54) is 13.4 Å². The fourth-order valence-electron chi connectivity index (χ4n) is 20.1. The zero-order chi connectivity index (χ0) is 95.9. The van der Waals surface area contributed by atoms with Crippen molar-refractivity contribution in [1.82, 2.24) is 74.2 Å². The van der Waals surface area contributed by atoms with Gasteiger partial charge in [0, 0.05) is 185 Å². The maximum atomic E-state index is 14.9. The molecule has 7 aliphatic heterocycles. The Hall–Kier alpha value is -12.5. The number of nitrogens with zero attached hydrogens (tertiary/aromatic N) is 18. The molecule has 16 rings (SSSR count). The van der Waals surface area contributed by atoms with E-state index in [0.717, 1.165) is 44.0 Å². The SMILES string of the molecule is CO[C@H]1C[C@@H]2CC[C@@H](C)[C@@](O)(O2)C(=O)C(=O)N2CCCC[C@H]2C(=O)O[C@H]([C@H](N)C[C@@H]2CC[C@@H](OC(=O)N3CCc4nc(N5CCN(c6ncc(C(=O)N7CCN(c8ncc(C(=O)N9CCc%10cc(Cn%11nc(-c%12ccc%13oc(N)nc%13c%12)c%12c(N)ncnc%12%11)ccc%10C9)cn8)CC7)cn6)CC5)ncc4C3)[C@H](OC)C2)CC(=O)[C@H](C)/C=C(\C)[C@@H](O)[C@@H](OC)C(=O)[C@H](C)C[C@H](C)/C=C/C=CC=C1C. The minimum Gasteiger partial charge on any atom is -0.459 e. The predicted octanol–water partition coefficient (Wildman–Crippen LogP) is 8.09. The fourth-order valence-corrected chi connectivity index (χ4v) is 20.1. The summed E-state index contributed by atoms with van der Waals surface area (Å²) in [5, 5.41) is 29.5. The lowest BCUT2D eigenvalue weighted by atomic mass is 9.80. The second-order valence-corrected chi connectivity index (χ2v) is 37.5. The Bertz CT molecular complexity index is 5850. The van der Waals surface area contributed by atoms with E-state index in [0.29, 0.717) is 211 Å². The number of aliphatic hydroxyl groups excluding tert-OH is 1. The molecule has 8 aliphatic rings. The number of ether oxygens (including phenoxy) is 6. The van der Waals surface area contributed by atoms with Crippen LogP contribution in [0.25, 0.3) is 33.4 Å². The smallest absolute Gasteiger partial charge is 0.410 e. The van der Waals surface area contributed by atoms with E-state index in [1.54, 1.807) is 94.8 Å². The standard InChI is InChI=1S/C98H123N21O17/c1-56-15-11-10-12-16-57(2)78(130-7)45-70-23-18-61(6)98(129,136-70)86(123)91(126)118-28-14-13-17-74(118)92(127)133-79(46-75(120)58(3)40-60(5)84(122)85(132-9)83(121)59(4)39-56)71(99)42-62-20-24-77(80(43-62)131-8)135-97(128)117-30-27-72-69(54-117)51-106-96(110-72)115-37-35-114(36-38-115)95-102-47-67(48-103-95)89(124)112-31-33-113(34-32-112)94-104-49-68(50-105-94)90(125)116-29-26-64-41-63(19-21-66(64)53-116)52-119-88-81(87(100)107-55-108-88)82(111-119)65-22-25-76-73(44-65)109-93(101)134-76/h10-12,15-16,19,21-22,25,40-41,44,47-51,55-56,58-59,61-62,70-71,74,77-80,84-85,122,129H,13-14,17-18,20,23-24,26-39,42-43,45-46,52-54,99H2,1-9H3,(H2,101,109)(H2,100,107,108)/b12-10?,15-11+,57-16?,60-40+/t56-,58-,59-,61-,62+,70+,71-,74+,77-,78+,79+,80-,84-,85+,98-/m1/s1. The topological polar surface area (TPSA) is 480 Å². The second-order valence-electron chi connectivity index (χ2n) is 37.5. The van der Waals surface area contributed by atoms with Crippen LogP contribution in [0.5, 0.6) is 0 Å². The molecule has 38 nitrogen and oxygen atoms in total. The van der Waals surface area contributed by atoms with Gasteiger partial charge in [-0.25, -0.2) is 54.1 Å². The van der Waals surface area contributed by atoms with Gasteiger partial charge in [0.15, 0.2) is 17.0 Å². The van der Waals surface area contributed by atoms with Crippen molar-refractivity contribution < 1.29 is 81.4 Å². The van der Waals surface area contributed by atoms with Crippen LogP contribution in [-0.4, -0.2) is 286 Å². The number of allylic oxidation sites excluding steroid dienone is 6. The second kappa shape index (κ2) is 42.4. The molecule has 0 radical (unpaired) electrons. The van der Waals surface area contributed by atoms with Crippen LogP contribution < -0.4 is 31.9 Å². The lowest BCUT2D eigenvalue weighted by Gasteiger charge is -2.42. The summed E-state index contributed by atoms with van der Waals surface area (Å²) >= 11 is 0. The number of anilines is 5. The van der Waals surface area contributed by atoms with E-state index in [-0.39, 0.29) is 74.2 Å². The summed E-state index contributed by atoms with van der Waals surface area (Å²) in [6.07, 6.45) is 18.7. The lowest BCUT2D eigenvalue weighted by Crippen LogP contribution is -2.61. The van der Waals surface area contributed by atoms with Crippen molar-refractivity contribution in [1.29, 1.82) is 0 Å². The first-order valence-electron chi connectivity index (χ1n) is 47.3. The van der Waals surface area contributed by atoms with Gasteiger partial charge in [-0.1, -0.05) is 82.4 Å². The number of ketones is 3. The Kier molecular flexibility index (Phi) is 30.2. The molecule has 13 heterocycles. The van der Waals surface area contributed by atoms with Crippen molar-refractivity contribution in [3.05, 3.63) is 160 Å². The number of oxazole rings is 1. The van der Waals surface area contributed by atoms with Crippen LogP contribution in [-0.2, 0) is 84.9 Å². The number of piperidine rings is 1. The van der Waals surface area contributed by atoms with Crippen molar-refractivity contribution >= 4 is 98.9 Å². The van der Waals surface area contributed by atoms with E-state index in [2.05, 4.69) is 56.8 Å². The predicted molar refractivity (Wildman–Crippen MR) is 502 cm³/mol. The van der Waals surface area contributed by atoms with Gasteiger partial charge < -0.3 is 94.6 Å². The Balaban J connectivity index is 0.487. The Morgan fingerprint density at radius 2 is 1.35 bits per heavy atom. The van der Waals surface area contributed by atoms with Crippen LogP contribution in [0, 0.1) is 29.6 Å². The van der Waals surface area contributed by atoms with Gasteiger partial charge in [-0.05, 0) is 142 Å². The molecule has 0 unspecified atom stereocenters. The Morgan fingerprint density at radius 1 is 0.654 bits per heavy atom. The van der Waals surface area contributed by atoms with E-state index < -0.39 is 108 Å². The van der Waals surface area contributed by atoms with Gasteiger partial charge in [0.25, 0.3) is 29.5 Å². The third kappa shape index (κ3) is 21.5. The molecule has 722 valence electrons. The van der Waals surface area contributed by atoms with Crippen LogP contribution in [0.4, 0.5) is 34.5 Å². The number of piperazine rings is 2. The molecule has 4 amide bonds. The summed E-state index contributed by atoms with van der Waals surface area (Å²) in [6, 6.07) is 9.59. The van der Waals surface area contributed by atoms with E-state index in [4.69, 9.17) is 65.1 Å². The molecule has 15 atom stereocenters. The maximum absolute atomic E-state index is 14.9. The van der Waals surface area contributed by atoms with Crippen LogP contribution in [0.3, 0.4) is 0 Å². The highest BCUT2D eigenvalue weighted by Gasteiger charge is 2.54.